The molecule has 0 saturated heterocycles. The highest BCUT2D eigenvalue weighted by molar-refractivity contribution is 7.80. The third-order valence-electron chi connectivity index (χ3n) is 4.30. The number of anilines is 2. The Morgan fingerprint density at radius 1 is 0.875 bits per heavy atom. The van der Waals surface area contributed by atoms with Gasteiger partial charge in [0.15, 0.2) is 5.11 Å². The average molecular weight is 469 g/mol. The first-order valence-corrected chi connectivity index (χ1v) is 10.6. The maximum Gasteiger partial charge on any atom is 0.348 e. The van der Waals surface area contributed by atoms with Crippen LogP contribution in [0.4, 0.5) is 22.1 Å². The molecular weight excluding hydrogens is 448 g/mol. The number of benzene rings is 2. The number of thiocarbonyl (C=S) groups is 1. The number of hydrogen-bond donors (Lipinski definition) is 2. The van der Waals surface area contributed by atoms with Crippen LogP contribution < -0.4 is 10.6 Å². The van der Waals surface area contributed by atoms with Gasteiger partial charge in [0.1, 0.15) is 9.88 Å². The molecule has 0 unspecified atom stereocenters. The number of carbonyl (C=O) groups is 2. The zero-order chi connectivity index (χ0) is 23.1. The van der Waals surface area contributed by atoms with Gasteiger partial charge in [-0.3, -0.25) is 0 Å². The Morgan fingerprint density at radius 2 is 1.47 bits per heavy atom. The van der Waals surface area contributed by atoms with E-state index in [1.807, 2.05) is 30.3 Å². The van der Waals surface area contributed by atoms with E-state index in [9.17, 15) is 9.59 Å². The Kier molecular flexibility index (Phi) is 7.63. The lowest BCUT2D eigenvalue weighted by molar-refractivity contribution is 0.0601. The van der Waals surface area contributed by atoms with Crippen molar-refractivity contribution in [3.05, 3.63) is 70.6 Å². The van der Waals surface area contributed by atoms with E-state index in [-0.39, 0.29) is 10.7 Å². The summed E-state index contributed by atoms with van der Waals surface area (Å²) < 4.78 is 9.63. The minimum absolute atomic E-state index is 0.235. The van der Waals surface area contributed by atoms with Crippen LogP contribution in [0, 0.1) is 6.92 Å². The van der Waals surface area contributed by atoms with E-state index < -0.39 is 11.9 Å². The second-order valence-electron chi connectivity index (χ2n) is 6.41. The molecule has 0 amide bonds. The number of nitrogens with zero attached hydrogens (tertiary/aromatic N) is 2. The van der Waals surface area contributed by atoms with Crippen molar-refractivity contribution in [3.8, 4) is 0 Å². The molecule has 2 N–H and O–H groups in total. The van der Waals surface area contributed by atoms with E-state index in [1.54, 1.807) is 31.2 Å². The van der Waals surface area contributed by atoms with Crippen molar-refractivity contribution in [3.63, 3.8) is 0 Å². The second kappa shape index (κ2) is 10.6. The van der Waals surface area contributed by atoms with Gasteiger partial charge in [0, 0.05) is 5.69 Å². The van der Waals surface area contributed by atoms with Crippen LogP contribution in [-0.4, -0.2) is 31.3 Å². The predicted octanol–water partition coefficient (Wildman–Crippen LogP) is 5.85. The Bertz CT molecular complexity index is 1160. The highest BCUT2D eigenvalue weighted by Gasteiger charge is 2.26. The second-order valence-corrected chi connectivity index (χ2v) is 7.83. The summed E-state index contributed by atoms with van der Waals surface area (Å²) in [5.74, 6) is -1.11. The molecule has 1 heterocycles. The standard InChI is InChI=1S/C22H20N4O4S2/c1-13-17(20(27)29-2)19(32-18(13)21(28)30-3)24-22(31)23-14-9-11-16(12-10-14)26-25-15-7-5-4-6-8-15/h4-12H,1-3H3,(H2,23,24,31). The topological polar surface area (TPSA) is 101 Å². The molecule has 3 rings (SSSR count). The summed E-state index contributed by atoms with van der Waals surface area (Å²) in [5, 5.41) is 15.0. The van der Waals surface area contributed by atoms with Gasteiger partial charge in [-0.25, -0.2) is 9.59 Å². The van der Waals surface area contributed by atoms with Crippen LogP contribution >= 0.6 is 23.6 Å². The molecule has 10 heteroatoms. The lowest BCUT2D eigenvalue weighted by Crippen LogP contribution is -2.20. The van der Waals surface area contributed by atoms with E-state index in [0.29, 0.717) is 26.8 Å². The van der Waals surface area contributed by atoms with Crippen LogP contribution in [0.3, 0.4) is 0 Å². The fraction of sp³-hybridized carbons (Fsp3) is 0.136. The van der Waals surface area contributed by atoms with Gasteiger partial charge in [-0.15, -0.1) is 11.3 Å². The van der Waals surface area contributed by atoms with Gasteiger partial charge < -0.3 is 20.1 Å². The quantitative estimate of drug-likeness (QED) is 0.266. The van der Waals surface area contributed by atoms with Crippen LogP contribution in [0.25, 0.3) is 0 Å². The number of ether oxygens (including phenoxy) is 2. The normalized spacial score (nSPS) is 10.6. The zero-order valence-electron chi connectivity index (χ0n) is 17.5. The predicted molar refractivity (Wildman–Crippen MR) is 129 cm³/mol. The summed E-state index contributed by atoms with van der Waals surface area (Å²) in [6, 6.07) is 16.6. The van der Waals surface area contributed by atoms with Crippen molar-refractivity contribution in [2.24, 2.45) is 10.2 Å². The fourth-order valence-corrected chi connectivity index (χ4v) is 4.13. The van der Waals surface area contributed by atoms with Crippen molar-refractivity contribution in [1.29, 1.82) is 0 Å². The molecule has 0 aliphatic rings. The number of hydrogen-bond acceptors (Lipinski definition) is 8. The third kappa shape index (κ3) is 5.54. The highest BCUT2D eigenvalue weighted by Crippen LogP contribution is 2.34. The molecule has 0 aliphatic carbocycles. The summed E-state index contributed by atoms with van der Waals surface area (Å²) in [7, 11) is 2.55. The van der Waals surface area contributed by atoms with Crippen molar-refractivity contribution < 1.29 is 19.1 Å². The molecule has 0 saturated carbocycles. The molecule has 0 spiro atoms. The van der Waals surface area contributed by atoms with Crippen LogP contribution in [0.5, 0.6) is 0 Å². The molecule has 1 aromatic heterocycles. The molecule has 0 aliphatic heterocycles. The van der Waals surface area contributed by atoms with Gasteiger partial charge in [-0.2, -0.15) is 10.2 Å². The molecule has 0 fully saturated rings. The lowest BCUT2D eigenvalue weighted by Gasteiger charge is -2.10. The Balaban J connectivity index is 1.71. The molecular formula is C22H20N4O4S2. The van der Waals surface area contributed by atoms with Crippen molar-refractivity contribution in [1.82, 2.24) is 0 Å². The van der Waals surface area contributed by atoms with E-state index in [4.69, 9.17) is 21.7 Å². The number of esters is 2. The van der Waals surface area contributed by atoms with E-state index in [2.05, 4.69) is 20.9 Å². The van der Waals surface area contributed by atoms with E-state index in [0.717, 1.165) is 17.0 Å². The minimum Gasteiger partial charge on any atom is -0.465 e. The molecule has 8 nitrogen and oxygen atoms in total. The van der Waals surface area contributed by atoms with Gasteiger partial charge in [0.25, 0.3) is 0 Å². The minimum atomic E-state index is -0.577. The van der Waals surface area contributed by atoms with Gasteiger partial charge in [0.2, 0.25) is 0 Å². The first-order valence-electron chi connectivity index (χ1n) is 9.37. The lowest BCUT2D eigenvalue weighted by atomic mass is 10.1. The maximum atomic E-state index is 12.2. The van der Waals surface area contributed by atoms with E-state index >= 15 is 0 Å². The Hall–Kier alpha value is -3.63. The fourth-order valence-electron chi connectivity index (χ4n) is 2.72. The van der Waals surface area contributed by atoms with Crippen LogP contribution in [-0.2, 0) is 9.47 Å². The number of azo groups is 1. The summed E-state index contributed by atoms with van der Waals surface area (Å²) in [5.41, 5.74) is 2.86. The molecule has 0 bridgehead atoms. The smallest absolute Gasteiger partial charge is 0.348 e. The van der Waals surface area contributed by atoms with Gasteiger partial charge in [0.05, 0.1) is 31.2 Å². The largest absolute Gasteiger partial charge is 0.465 e. The summed E-state index contributed by atoms with van der Waals surface area (Å²) in [6.45, 7) is 1.65. The number of rotatable bonds is 6. The Morgan fingerprint density at radius 3 is 2.06 bits per heavy atom. The van der Waals surface area contributed by atoms with Crippen molar-refractivity contribution in [2.75, 3.05) is 24.9 Å². The van der Waals surface area contributed by atoms with Crippen LogP contribution in [0.2, 0.25) is 0 Å². The monoisotopic (exact) mass is 468 g/mol. The number of carbonyl (C=O) groups excluding carboxylic acids is 2. The number of thiophene rings is 1. The van der Waals surface area contributed by atoms with Gasteiger partial charge in [-0.05, 0) is 61.1 Å². The number of nitrogens with one attached hydrogen (secondary N) is 2. The Labute approximate surface area is 194 Å². The highest BCUT2D eigenvalue weighted by atomic mass is 32.1. The molecule has 164 valence electrons. The van der Waals surface area contributed by atoms with Crippen LogP contribution in [0.15, 0.2) is 64.8 Å². The maximum absolute atomic E-state index is 12.2. The SMILES string of the molecule is COC(=O)c1sc(NC(=S)Nc2ccc(N=Nc3ccccc3)cc2)c(C(=O)OC)c1C. The molecule has 0 atom stereocenters. The van der Waals surface area contributed by atoms with Crippen LogP contribution in [0.1, 0.15) is 25.6 Å². The van der Waals surface area contributed by atoms with Crippen molar-refractivity contribution >= 4 is 62.7 Å². The molecule has 2 aromatic carbocycles. The third-order valence-corrected chi connectivity index (χ3v) is 5.69. The first-order chi connectivity index (χ1) is 15.4. The average Bonchev–Trinajstić information content (AvgIpc) is 3.13. The number of methoxy groups -OCH3 is 2. The summed E-state index contributed by atoms with van der Waals surface area (Å²) >= 11 is 6.44. The molecule has 32 heavy (non-hydrogen) atoms. The van der Waals surface area contributed by atoms with E-state index in [1.165, 1.54) is 14.2 Å². The summed E-state index contributed by atoms with van der Waals surface area (Å²) in [6.07, 6.45) is 0. The first kappa shape index (κ1) is 23.0. The zero-order valence-corrected chi connectivity index (χ0v) is 19.2. The van der Waals surface area contributed by atoms with Gasteiger partial charge in [-0.1, -0.05) is 18.2 Å². The molecule has 0 radical (unpaired) electrons. The summed E-state index contributed by atoms with van der Waals surface area (Å²) in [4.78, 5) is 24.5. The van der Waals surface area contributed by atoms with Gasteiger partial charge >= 0.3 is 11.9 Å². The van der Waals surface area contributed by atoms with Crippen molar-refractivity contribution in [2.45, 2.75) is 6.92 Å². The molecule has 3 aromatic rings.